The molecule has 2 rings (SSSR count). The van der Waals surface area contributed by atoms with Gasteiger partial charge in [0.1, 0.15) is 29.1 Å². The number of nitrogens with zero attached hydrogens (tertiary/aromatic N) is 2. The van der Waals surface area contributed by atoms with Gasteiger partial charge in [-0.15, -0.1) is 0 Å². The fourth-order valence-corrected chi connectivity index (χ4v) is 1.73. The molecule has 0 atom stereocenters. The molecule has 1 aromatic carbocycles. The molecule has 0 amide bonds. The lowest BCUT2D eigenvalue weighted by Gasteiger charge is -2.12. The molecule has 6 heteroatoms. The van der Waals surface area contributed by atoms with Crippen LogP contribution >= 0.6 is 0 Å². The SMILES string of the molecule is Cc1nc(Nc2ccc(F)cc2F)cc(NC(C)C)n1. The maximum Gasteiger partial charge on any atom is 0.149 e. The van der Waals surface area contributed by atoms with E-state index in [1.54, 1.807) is 13.0 Å². The summed E-state index contributed by atoms with van der Waals surface area (Å²) >= 11 is 0. The quantitative estimate of drug-likeness (QED) is 0.896. The number of anilines is 3. The molecule has 0 radical (unpaired) electrons. The van der Waals surface area contributed by atoms with Crippen molar-refractivity contribution >= 4 is 17.3 Å². The highest BCUT2D eigenvalue weighted by molar-refractivity contribution is 5.59. The summed E-state index contributed by atoms with van der Waals surface area (Å²) in [5.74, 6) is 0.373. The van der Waals surface area contributed by atoms with E-state index in [0.717, 1.165) is 6.07 Å². The van der Waals surface area contributed by atoms with E-state index < -0.39 is 11.6 Å². The maximum atomic E-state index is 13.6. The van der Waals surface area contributed by atoms with Gasteiger partial charge < -0.3 is 10.6 Å². The van der Waals surface area contributed by atoms with Gasteiger partial charge in [-0.1, -0.05) is 0 Å². The molecule has 1 heterocycles. The molecule has 0 aliphatic carbocycles. The number of hydrogen-bond donors (Lipinski definition) is 2. The number of rotatable bonds is 4. The second kappa shape index (κ2) is 5.81. The lowest BCUT2D eigenvalue weighted by Crippen LogP contribution is -2.12. The third-order valence-electron chi connectivity index (χ3n) is 2.47. The summed E-state index contributed by atoms with van der Waals surface area (Å²) in [6.07, 6.45) is 0. The van der Waals surface area contributed by atoms with Crippen molar-refractivity contribution in [1.29, 1.82) is 0 Å². The van der Waals surface area contributed by atoms with Crippen LogP contribution in [0.3, 0.4) is 0 Å². The van der Waals surface area contributed by atoms with Gasteiger partial charge in [0.2, 0.25) is 0 Å². The van der Waals surface area contributed by atoms with E-state index in [-0.39, 0.29) is 11.7 Å². The summed E-state index contributed by atoms with van der Waals surface area (Å²) in [7, 11) is 0. The average molecular weight is 278 g/mol. The van der Waals surface area contributed by atoms with Crippen LogP contribution in [-0.2, 0) is 0 Å². The van der Waals surface area contributed by atoms with E-state index in [4.69, 9.17) is 0 Å². The zero-order valence-corrected chi connectivity index (χ0v) is 11.5. The first-order chi connectivity index (χ1) is 9.44. The first-order valence-corrected chi connectivity index (χ1v) is 6.28. The zero-order valence-electron chi connectivity index (χ0n) is 11.5. The van der Waals surface area contributed by atoms with Crippen LogP contribution in [0.25, 0.3) is 0 Å². The van der Waals surface area contributed by atoms with Crippen molar-refractivity contribution in [2.75, 3.05) is 10.6 Å². The number of halogens is 2. The minimum absolute atomic E-state index is 0.167. The highest BCUT2D eigenvalue weighted by atomic mass is 19.1. The number of hydrogen-bond acceptors (Lipinski definition) is 4. The number of nitrogens with one attached hydrogen (secondary N) is 2. The Bertz CT molecular complexity index is 614. The standard InChI is InChI=1S/C14H16F2N4/c1-8(2)17-13-7-14(19-9(3)18-13)20-12-5-4-10(15)6-11(12)16/h4-8H,1-3H3,(H2,17,18,19,20). The van der Waals surface area contributed by atoms with E-state index >= 15 is 0 Å². The first kappa shape index (κ1) is 14.2. The number of benzene rings is 1. The van der Waals surface area contributed by atoms with Crippen LogP contribution in [-0.4, -0.2) is 16.0 Å². The summed E-state index contributed by atoms with van der Waals surface area (Å²) in [5.41, 5.74) is 0.167. The molecule has 0 fully saturated rings. The van der Waals surface area contributed by atoms with Gasteiger partial charge in [-0.2, -0.15) is 0 Å². The first-order valence-electron chi connectivity index (χ1n) is 6.28. The summed E-state index contributed by atoms with van der Waals surface area (Å²) < 4.78 is 26.4. The van der Waals surface area contributed by atoms with Gasteiger partial charge in [-0.05, 0) is 32.9 Å². The van der Waals surface area contributed by atoms with Crippen LogP contribution in [0.2, 0.25) is 0 Å². The molecular weight excluding hydrogens is 262 g/mol. The van der Waals surface area contributed by atoms with Gasteiger partial charge in [0.15, 0.2) is 0 Å². The number of aryl methyl sites for hydroxylation is 1. The van der Waals surface area contributed by atoms with Crippen molar-refractivity contribution < 1.29 is 8.78 Å². The second-order valence-corrected chi connectivity index (χ2v) is 4.73. The second-order valence-electron chi connectivity index (χ2n) is 4.73. The van der Waals surface area contributed by atoms with E-state index in [2.05, 4.69) is 20.6 Å². The molecule has 2 aromatic rings. The molecular formula is C14H16F2N4. The summed E-state index contributed by atoms with van der Waals surface area (Å²) in [6.45, 7) is 5.73. The Balaban J connectivity index is 2.26. The predicted octanol–water partition coefficient (Wildman–Crippen LogP) is 3.63. The zero-order chi connectivity index (χ0) is 14.7. The Labute approximate surface area is 116 Å². The fourth-order valence-electron chi connectivity index (χ4n) is 1.73. The van der Waals surface area contributed by atoms with Crippen molar-refractivity contribution in [3.05, 3.63) is 41.7 Å². The minimum atomic E-state index is -0.667. The summed E-state index contributed by atoms with van der Waals surface area (Å²) in [6, 6.07) is 5.24. The van der Waals surface area contributed by atoms with Crippen molar-refractivity contribution in [2.45, 2.75) is 26.8 Å². The van der Waals surface area contributed by atoms with Crippen molar-refractivity contribution in [3.63, 3.8) is 0 Å². The van der Waals surface area contributed by atoms with Gasteiger partial charge in [-0.3, -0.25) is 0 Å². The van der Waals surface area contributed by atoms with Crippen molar-refractivity contribution in [3.8, 4) is 0 Å². The molecule has 4 nitrogen and oxygen atoms in total. The Hall–Kier alpha value is -2.24. The van der Waals surface area contributed by atoms with Crippen LogP contribution in [0.4, 0.5) is 26.1 Å². The summed E-state index contributed by atoms with van der Waals surface area (Å²) in [4.78, 5) is 8.41. The normalized spacial score (nSPS) is 10.7. The Morgan fingerprint density at radius 2 is 1.75 bits per heavy atom. The van der Waals surface area contributed by atoms with E-state index in [1.165, 1.54) is 12.1 Å². The molecule has 0 saturated carbocycles. The maximum absolute atomic E-state index is 13.6. The van der Waals surface area contributed by atoms with Crippen molar-refractivity contribution in [2.24, 2.45) is 0 Å². The lowest BCUT2D eigenvalue weighted by atomic mass is 10.3. The molecule has 106 valence electrons. The molecule has 0 unspecified atom stereocenters. The molecule has 2 N–H and O–H groups in total. The third-order valence-corrected chi connectivity index (χ3v) is 2.47. The van der Waals surface area contributed by atoms with Gasteiger partial charge in [0.05, 0.1) is 5.69 Å². The van der Waals surface area contributed by atoms with E-state index in [9.17, 15) is 8.78 Å². The smallest absolute Gasteiger partial charge is 0.149 e. The molecule has 0 saturated heterocycles. The van der Waals surface area contributed by atoms with Gasteiger partial charge >= 0.3 is 0 Å². The van der Waals surface area contributed by atoms with Crippen LogP contribution in [0.1, 0.15) is 19.7 Å². The highest BCUT2D eigenvalue weighted by Gasteiger charge is 2.07. The fraction of sp³-hybridized carbons (Fsp3) is 0.286. The minimum Gasteiger partial charge on any atom is -0.368 e. The molecule has 0 spiro atoms. The van der Waals surface area contributed by atoms with Crippen LogP contribution in [0.15, 0.2) is 24.3 Å². The van der Waals surface area contributed by atoms with Crippen LogP contribution in [0, 0.1) is 18.6 Å². The van der Waals surface area contributed by atoms with Crippen LogP contribution in [0.5, 0.6) is 0 Å². The number of aromatic nitrogens is 2. The van der Waals surface area contributed by atoms with Gasteiger partial charge in [0.25, 0.3) is 0 Å². The molecule has 0 aliphatic rings. The Morgan fingerprint density at radius 1 is 1.05 bits per heavy atom. The summed E-state index contributed by atoms with van der Waals surface area (Å²) in [5, 5.41) is 5.97. The van der Waals surface area contributed by atoms with Crippen molar-refractivity contribution in [1.82, 2.24) is 9.97 Å². The third kappa shape index (κ3) is 3.63. The molecule has 20 heavy (non-hydrogen) atoms. The highest BCUT2D eigenvalue weighted by Crippen LogP contribution is 2.21. The van der Waals surface area contributed by atoms with Gasteiger partial charge in [0, 0.05) is 18.2 Å². The molecule has 1 aromatic heterocycles. The average Bonchev–Trinajstić information content (AvgIpc) is 2.31. The van der Waals surface area contributed by atoms with E-state index in [1.807, 2.05) is 13.8 Å². The van der Waals surface area contributed by atoms with E-state index in [0.29, 0.717) is 17.5 Å². The Kier molecular flexibility index (Phi) is 4.12. The predicted molar refractivity (Wildman–Crippen MR) is 75.2 cm³/mol. The monoisotopic (exact) mass is 278 g/mol. The Morgan fingerprint density at radius 3 is 2.40 bits per heavy atom. The molecule has 0 aliphatic heterocycles. The molecule has 0 bridgehead atoms. The topological polar surface area (TPSA) is 49.8 Å². The largest absolute Gasteiger partial charge is 0.368 e. The lowest BCUT2D eigenvalue weighted by molar-refractivity contribution is 0.586. The van der Waals surface area contributed by atoms with Gasteiger partial charge in [-0.25, -0.2) is 18.7 Å². The van der Waals surface area contributed by atoms with Crippen LogP contribution < -0.4 is 10.6 Å².